The molecule has 1 N–H and O–H groups in total. The van der Waals surface area contributed by atoms with Gasteiger partial charge in [0.05, 0.1) is 26.4 Å². The monoisotopic (exact) mass is 352 g/mol. The fourth-order valence-corrected chi connectivity index (χ4v) is 2.29. The summed E-state index contributed by atoms with van der Waals surface area (Å²) < 4.78 is 38.2. The van der Waals surface area contributed by atoms with Crippen LogP contribution in [0.3, 0.4) is 0 Å². The Morgan fingerprint density at radius 1 is 0.960 bits per heavy atom. The fraction of sp³-hybridized carbons (Fsp3) is 0.0714. The number of H-pyrrole nitrogens is 1. The molecule has 3 rings (SSSR count). The maximum absolute atomic E-state index is 12.7. The lowest BCUT2D eigenvalue weighted by Gasteiger charge is -2.05. The van der Waals surface area contributed by atoms with E-state index >= 15 is 0 Å². The molecule has 0 spiro atoms. The molecule has 0 unspecified atom stereocenters. The molecule has 0 atom stereocenters. The Bertz CT molecular complexity index is 1010. The van der Waals surface area contributed by atoms with Gasteiger partial charge in [-0.25, -0.2) is 4.98 Å². The summed E-state index contributed by atoms with van der Waals surface area (Å²) in [6.45, 7) is 0. The number of fused-ring (bicyclic) bond motifs is 1. The van der Waals surface area contributed by atoms with Crippen molar-refractivity contribution < 1.29 is 23.0 Å². The van der Waals surface area contributed by atoms with E-state index in [0.29, 0.717) is 0 Å². The largest absolute Gasteiger partial charge is 0.416 e. The van der Waals surface area contributed by atoms with Crippen molar-refractivity contribution in [2.24, 2.45) is 0 Å². The van der Waals surface area contributed by atoms with E-state index in [9.17, 15) is 33.4 Å². The molecular weight excluding hydrogens is 345 g/mol. The number of nitrogens with one attached hydrogen (secondary N) is 1. The van der Waals surface area contributed by atoms with Crippen molar-refractivity contribution in [2.75, 3.05) is 0 Å². The Balaban J connectivity index is 2.12. The number of nitro groups is 2. The zero-order valence-corrected chi connectivity index (χ0v) is 12.1. The minimum Gasteiger partial charge on any atom is -0.338 e. The fourth-order valence-electron chi connectivity index (χ4n) is 2.29. The normalized spacial score (nSPS) is 11.6. The average molecular weight is 352 g/mol. The van der Waals surface area contributed by atoms with E-state index in [2.05, 4.69) is 9.97 Å². The molecular formula is C14H7F3N4O4. The van der Waals surface area contributed by atoms with Gasteiger partial charge in [-0.05, 0) is 24.3 Å². The standard InChI is InChI=1S/C14H7F3N4O4/c15-14(16,17)8-2-3-9-10(6-8)19-13(18-9)7-1-4-11(20(22)23)12(5-7)21(24)25/h1-6H,(H,18,19). The third-order valence-electron chi connectivity index (χ3n) is 3.45. The molecule has 0 saturated heterocycles. The van der Waals surface area contributed by atoms with Crippen LogP contribution in [-0.2, 0) is 6.18 Å². The van der Waals surface area contributed by atoms with Gasteiger partial charge < -0.3 is 4.98 Å². The number of halogens is 3. The van der Waals surface area contributed by atoms with Crippen molar-refractivity contribution >= 4 is 22.4 Å². The first kappa shape index (κ1) is 16.4. The molecule has 0 aliphatic carbocycles. The van der Waals surface area contributed by atoms with Gasteiger partial charge in [0.15, 0.2) is 0 Å². The molecule has 0 aliphatic rings. The van der Waals surface area contributed by atoms with Crippen molar-refractivity contribution in [2.45, 2.75) is 6.18 Å². The summed E-state index contributed by atoms with van der Waals surface area (Å²) in [6, 6.07) is 6.02. The third kappa shape index (κ3) is 2.98. The van der Waals surface area contributed by atoms with Crippen molar-refractivity contribution in [3.05, 3.63) is 62.2 Å². The maximum Gasteiger partial charge on any atom is 0.416 e. The number of aromatic amines is 1. The Kier molecular flexibility index (Phi) is 3.63. The predicted octanol–water partition coefficient (Wildman–Crippen LogP) is 4.07. The number of imidazole rings is 1. The van der Waals surface area contributed by atoms with Crippen LogP contribution in [0.15, 0.2) is 36.4 Å². The van der Waals surface area contributed by atoms with Crippen LogP contribution in [0.5, 0.6) is 0 Å². The molecule has 128 valence electrons. The van der Waals surface area contributed by atoms with Gasteiger partial charge in [-0.1, -0.05) is 0 Å². The number of rotatable bonds is 3. The minimum absolute atomic E-state index is 0.0623. The number of nitrogens with zero attached hydrogens (tertiary/aromatic N) is 3. The number of aromatic nitrogens is 2. The summed E-state index contributed by atoms with van der Waals surface area (Å²) in [5.74, 6) is 0.0623. The average Bonchev–Trinajstić information content (AvgIpc) is 2.96. The first-order chi connectivity index (χ1) is 11.7. The summed E-state index contributed by atoms with van der Waals surface area (Å²) in [5.41, 5.74) is -1.84. The molecule has 0 aliphatic heterocycles. The lowest BCUT2D eigenvalue weighted by molar-refractivity contribution is -0.422. The summed E-state index contributed by atoms with van der Waals surface area (Å²) in [7, 11) is 0. The highest BCUT2D eigenvalue weighted by molar-refractivity contribution is 5.81. The lowest BCUT2D eigenvalue weighted by Crippen LogP contribution is -2.04. The SMILES string of the molecule is O=[N+]([O-])c1ccc(-c2nc3ccc(C(F)(F)F)cc3[nH]2)cc1[N+](=O)[O-]. The zero-order chi connectivity index (χ0) is 18.4. The number of nitro benzene ring substituents is 2. The molecule has 1 heterocycles. The Labute approximate surface area is 136 Å². The molecule has 11 heteroatoms. The molecule has 0 amide bonds. The Morgan fingerprint density at radius 3 is 2.24 bits per heavy atom. The second kappa shape index (κ2) is 5.54. The number of hydrogen-bond donors (Lipinski definition) is 1. The number of hydrogen-bond acceptors (Lipinski definition) is 5. The van der Waals surface area contributed by atoms with Gasteiger partial charge in [0.1, 0.15) is 5.82 Å². The van der Waals surface area contributed by atoms with Crippen molar-refractivity contribution in [1.82, 2.24) is 9.97 Å². The maximum atomic E-state index is 12.7. The van der Waals surface area contributed by atoms with Crippen LogP contribution in [0.2, 0.25) is 0 Å². The van der Waals surface area contributed by atoms with Gasteiger partial charge in [-0.3, -0.25) is 20.2 Å². The highest BCUT2D eigenvalue weighted by Crippen LogP contribution is 2.34. The van der Waals surface area contributed by atoms with Crippen molar-refractivity contribution in [3.8, 4) is 11.4 Å². The van der Waals surface area contributed by atoms with Crippen LogP contribution in [-0.4, -0.2) is 19.8 Å². The van der Waals surface area contributed by atoms with Crippen molar-refractivity contribution in [3.63, 3.8) is 0 Å². The van der Waals surface area contributed by atoms with E-state index in [0.717, 1.165) is 30.3 Å². The smallest absolute Gasteiger partial charge is 0.338 e. The minimum atomic E-state index is -4.52. The molecule has 2 aromatic carbocycles. The van der Waals surface area contributed by atoms with Crippen LogP contribution in [0.25, 0.3) is 22.4 Å². The third-order valence-corrected chi connectivity index (χ3v) is 3.45. The second-order valence-corrected chi connectivity index (χ2v) is 5.03. The van der Waals surface area contributed by atoms with Gasteiger partial charge in [0.25, 0.3) is 0 Å². The van der Waals surface area contributed by atoms with E-state index in [-0.39, 0.29) is 22.4 Å². The number of benzene rings is 2. The van der Waals surface area contributed by atoms with Gasteiger partial charge in [0.2, 0.25) is 0 Å². The molecule has 3 aromatic rings. The van der Waals surface area contributed by atoms with Crippen LogP contribution < -0.4 is 0 Å². The molecule has 1 aromatic heterocycles. The Morgan fingerprint density at radius 2 is 1.64 bits per heavy atom. The highest BCUT2D eigenvalue weighted by Gasteiger charge is 2.31. The molecule has 0 fully saturated rings. The van der Waals surface area contributed by atoms with Crippen LogP contribution in [0, 0.1) is 20.2 Å². The molecule has 0 saturated carbocycles. The first-order valence-electron chi connectivity index (χ1n) is 6.67. The summed E-state index contributed by atoms with van der Waals surface area (Å²) in [6.07, 6.45) is -4.52. The van der Waals surface area contributed by atoms with Gasteiger partial charge in [-0.2, -0.15) is 13.2 Å². The van der Waals surface area contributed by atoms with E-state index < -0.39 is 33.0 Å². The van der Waals surface area contributed by atoms with Crippen LogP contribution in [0.4, 0.5) is 24.5 Å². The summed E-state index contributed by atoms with van der Waals surface area (Å²) in [4.78, 5) is 26.7. The van der Waals surface area contributed by atoms with Gasteiger partial charge in [-0.15, -0.1) is 0 Å². The lowest BCUT2D eigenvalue weighted by atomic mass is 10.1. The second-order valence-electron chi connectivity index (χ2n) is 5.03. The van der Waals surface area contributed by atoms with Gasteiger partial charge in [0, 0.05) is 17.7 Å². The van der Waals surface area contributed by atoms with E-state index in [4.69, 9.17) is 0 Å². The first-order valence-corrected chi connectivity index (χ1v) is 6.67. The quantitative estimate of drug-likeness (QED) is 0.564. The predicted molar refractivity (Wildman–Crippen MR) is 79.8 cm³/mol. The van der Waals surface area contributed by atoms with Crippen LogP contribution >= 0.6 is 0 Å². The summed E-state index contributed by atoms with van der Waals surface area (Å²) >= 11 is 0. The molecule has 0 radical (unpaired) electrons. The zero-order valence-electron chi connectivity index (χ0n) is 12.1. The van der Waals surface area contributed by atoms with Crippen molar-refractivity contribution in [1.29, 1.82) is 0 Å². The molecule has 8 nitrogen and oxygen atoms in total. The van der Waals surface area contributed by atoms with E-state index in [1.54, 1.807) is 0 Å². The Hall–Kier alpha value is -3.50. The topological polar surface area (TPSA) is 115 Å². The van der Waals surface area contributed by atoms with E-state index in [1.165, 1.54) is 6.07 Å². The van der Waals surface area contributed by atoms with Crippen LogP contribution in [0.1, 0.15) is 5.56 Å². The summed E-state index contributed by atoms with van der Waals surface area (Å²) in [5, 5.41) is 21.8. The molecule has 0 bridgehead atoms. The van der Waals surface area contributed by atoms with E-state index in [1.807, 2.05) is 0 Å². The molecule has 25 heavy (non-hydrogen) atoms. The number of alkyl halides is 3. The highest BCUT2D eigenvalue weighted by atomic mass is 19.4. The van der Waals surface area contributed by atoms with Gasteiger partial charge >= 0.3 is 17.6 Å².